The molecule has 1 amide bonds. The summed E-state index contributed by atoms with van der Waals surface area (Å²) < 4.78 is 1.46. The van der Waals surface area contributed by atoms with Crippen LogP contribution in [0.25, 0.3) is 5.69 Å². The molecule has 0 saturated carbocycles. The van der Waals surface area contributed by atoms with Crippen molar-refractivity contribution in [2.45, 2.75) is 0 Å². The third-order valence-corrected chi connectivity index (χ3v) is 2.94. The first-order valence-electron chi connectivity index (χ1n) is 5.56. The Morgan fingerprint density at radius 1 is 1.37 bits per heavy atom. The van der Waals surface area contributed by atoms with E-state index in [0.29, 0.717) is 28.3 Å². The van der Waals surface area contributed by atoms with Crippen molar-refractivity contribution in [3.05, 3.63) is 46.7 Å². The molecular weight excluding hydrogens is 266 g/mol. The minimum Gasteiger partial charge on any atom is -0.343 e. The number of nitrogens with zero attached hydrogens (tertiary/aromatic N) is 3. The molecular formula is C13H12ClN3O2. The van der Waals surface area contributed by atoms with Gasteiger partial charge in [0.15, 0.2) is 12.0 Å². The first-order valence-corrected chi connectivity index (χ1v) is 5.93. The molecule has 0 aliphatic rings. The highest BCUT2D eigenvalue weighted by molar-refractivity contribution is 6.33. The molecule has 5 nitrogen and oxygen atoms in total. The van der Waals surface area contributed by atoms with E-state index < -0.39 is 0 Å². The van der Waals surface area contributed by atoms with Crippen molar-refractivity contribution in [1.29, 1.82) is 0 Å². The van der Waals surface area contributed by atoms with Gasteiger partial charge in [-0.15, -0.1) is 0 Å². The van der Waals surface area contributed by atoms with E-state index in [2.05, 4.69) is 5.10 Å². The molecule has 0 atom stereocenters. The quantitative estimate of drug-likeness (QED) is 0.807. The second-order valence-corrected chi connectivity index (χ2v) is 4.54. The number of rotatable bonds is 3. The van der Waals surface area contributed by atoms with Crippen LogP contribution in [0.4, 0.5) is 0 Å². The smallest absolute Gasteiger partial charge is 0.273 e. The zero-order valence-electron chi connectivity index (χ0n) is 10.5. The molecule has 0 aliphatic heterocycles. The Morgan fingerprint density at radius 3 is 2.74 bits per heavy atom. The van der Waals surface area contributed by atoms with Crippen molar-refractivity contribution in [2.75, 3.05) is 14.1 Å². The summed E-state index contributed by atoms with van der Waals surface area (Å²) in [6.07, 6.45) is 2.29. The minimum atomic E-state index is -0.201. The highest BCUT2D eigenvalue weighted by Gasteiger charge is 2.14. The lowest BCUT2D eigenvalue weighted by Gasteiger charge is -2.08. The van der Waals surface area contributed by atoms with Crippen LogP contribution in [0.3, 0.4) is 0 Å². The first-order chi connectivity index (χ1) is 9.04. The number of aldehydes is 1. The van der Waals surface area contributed by atoms with Crippen LogP contribution in [0.1, 0.15) is 20.8 Å². The van der Waals surface area contributed by atoms with E-state index in [1.165, 1.54) is 9.58 Å². The van der Waals surface area contributed by atoms with Crippen molar-refractivity contribution in [3.8, 4) is 5.69 Å². The normalized spacial score (nSPS) is 10.3. The predicted octanol–water partition coefficient (Wildman–Crippen LogP) is 2.04. The lowest BCUT2D eigenvalue weighted by molar-refractivity contribution is 0.0821. The largest absolute Gasteiger partial charge is 0.343 e. The molecule has 1 heterocycles. The van der Waals surface area contributed by atoms with E-state index in [-0.39, 0.29) is 5.91 Å². The third-order valence-electron chi connectivity index (χ3n) is 2.61. The second kappa shape index (κ2) is 5.24. The summed E-state index contributed by atoms with van der Waals surface area (Å²) in [4.78, 5) is 24.3. The van der Waals surface area contributed by atoms with E-state index in [1.807, 2.05) is 0 Å². The Kier molecular flexibility index (Phi) is 3.66. The Labute approximate surface area is 115 Å². The maximum absolute atomic E-state index is 11.8. The van der Waals surface area contributed by atoms with E-state index in [0.717, 1.165) is 0 Å². The number of halogens is 1. The van der Waals surface area contributed by atoms with E-state index in [4.69, 9.17) is 11.6 Å². The minimum absolute atomic E-state index is 0.201. The van der Waals surface area contributed by atoms with E-state index in [9.17, 15) is 9.59 Å². The zero-order valence-corrected chi connectivity index (χ0v) is 11.3. The van der Waals surface area contributed by atoms with Gasteiger partial charge in [0.2, 0.25) is 0 Å². The van der Waals surface area contributed by atoms with Crippen LogP contribution in [0.15, 0.2) is 30.5 Å². The molecule has 1 aromatic heterocycles. The maximum Gasteiger partial charge on any atom is 0.273 e. The van der Waals surface area contributed by atoms with Crippen LogP contribution in [-0.4, -0.2) is 41.0 Å². The summed E-state index contributed by atoms with van der Waals surface area (Å²) in [6, 6.07) is 6.66. The van der Waals surface area contributed by atoms with Crippen molar-refractivity contribution in [1.82, 2.24) is 14.7 Å². The van der Waals surface area contributed by atoms with E-state index in [1.54, 1.807) is 44.6 Å². The molecule has 2 rings (SSSR count). The van der Waals surface area contributed by atoms with Gasteiger partial charge in [-0.25, -0.2) is 4.68 Å². The molecule has 6 heteroatoms. The summed E-state index contributed by atoms with van der Waals surface area (Å²) in [7, 11) is 3.30. The number of aromatic nitrogens is 2. The molecule has 2 aromatic rings. The highest BCUT2D eigenvalue weighted by Crippen LogP contribution is 2.21. The van der Waals surface area contributed by atoms with Gasteiger partial charge in [0.25, 0.3) is 5.91 Å². The topological polar surface area (TPSA) is 55.2 Å². The fourth-order valence-corrected chi connectivity index (χ4v) is 1.86. The Morgan fingerprint density at radius 2 is 2.11 bits per heavy atom. The SMILES string of the molecule is CN(C)C(=O)c1ccn(-c2cccc(Cl)c2C=O)n1. The molecule has 0 saturated heterocycles. The van der Waals surface area contributed by atoms with Crippen LogP contribution in [-0.2, 0) is 0 Å². The van der Waals surface area contributed by atoms with Crippen molar-refractivity contribution >= 4 is 23.8 Å². The van der Waals surface area contributed by atoms with Crippen LogP contribution < -0.4 is 0 Å². The maximum atomic E-state index is 11.8. The van der Waals surface area contributed by atoms with Gasteiger partial charge in [0.1, 0.15) is 0 Å². The van der Waals surface area contributed by atoms with Gasteiger partial charge in [0, 0.05) is 20.3 Å². The number of carbonyl (C=O) groups is 2. The molecule has 19 heavy (non-hydrogen) atoms. The van der Waals surface area contributed by atoms with Crippen molar-refractivity contribution in [2.24, 2.45) is 0 Å². The number of amides is 1. The summed E-state index contributed by atoms with van der Waals surface area (Å²) >= 11 is 5.95. The van der Waals surface area contributed by atoms with Gasteiger partial charge in [-0.2, -0.15) is 5.10 Å². The molecule has 98 valence electrons. The molecule has 0 unspecified atom stereocenters. The van der Waals surface area contributed by atoms with Crippen LogP contribution in [0.5, 0.6) is 0 Å². The summed E-state index contributed by atoms with van der Waals surface area (Å²) in [5.41, 5.74) is 1.19. The van der Waals surface area contributed by atoms with Crippen molar-refractivity contribution < 1.29 is 9.59 Å². The average Bonchev–Trinajstić information content (AvgIpc) is 2.86. The summed E-state index contributed by atoms with van der Waals surface area (Å²) in [5.74, 6) is -0.201. The lowest BCUT2D eigenvalue weighted by Crippen LogP contribution is -2.22. The number of hydrogen-bond acceptors (Lipinski definition) is 3. The molecule has 1 aromatic carbocycles. The second-order valence-electron chi connectivity index (χ2n) is 4.14. The number of carbonyl (C=O) groups excluding carboxylic acids is 2. The molecule has 0 fully saturated rings. The number of hydrogen-bond donors (Lipinski definition) is 0. The van der Waals surface area contributed by atoms with Gasteiger partial charge in [-0.1, -0.05) is 17.7 Å². The van der Waals surface area contributed by atoms with E-state index >= 15 is 0 Å². The average molecular weight is 278 g/mol. The predicted molar refractivity (Wildman–Crippen MR) is 72.0 cm³/mol. The molecule has 0 N–H and O–H groups in total. The van der Waals surface area contributed by atoms with Gasteiger partial charge in [-0.3, -0.25) is 9.59 Å². The Hall–Kier alpha value is -2.14. The zero-order chi connectivity index (χ0) is 14.0. The molecule has 0 aliphatic carbocycles. The standard InChI is InChI=1S/C13H12ClN3O2/c1-16(2)13(19)11-6-7-17(15-11)12-5-3-4-10(14)9(12)8-18/h3-8H,1-2H3. The monoisotopic (exact) mass is 277 g/mol. The van der Waals surface area contributed by atoms with Gasteiger partial charge in [-0.05, 0) is 18.2 Å². The fraction of sp³-hybridized carbons (Fsp3) is 0.154. The first kappa shape index (κ1) is 13.3. The van der Waals surface area contributed by atoms with Gasteiger partial charge < -0.3 is 4.90 Å². The van der Waals surface area contributed by atoms with Crippen LogP contribution in [0.2, 0.25) is 5.02 Å². The fourth-order valence-electron chi connectivity index (χ4n) is 1.64. The summed E-state index contributed by atoms with van der Waals surface area (Å²) in [5, 5.41) is 4.51. The lowest BCUT2D eigenvalue weighted by atomic mass is 10.2. The molecule has 0 spiro atoms. The van der Waals surface area contributed by atoms with Gasteiger partial charge in [0.05, 0.1) is 16.3 Å². The highest BCUT2D eigenvalue weighted by atomic mass is 35.5. The Bertz CT molecular complexity index is 635. The summed E-state index contributed by atoms with van der Waals surface area (Å²) in [6.45, 7) is 0. The van der Waals surface area contributed by atoms with Crippen molar-refractivity contribution in [3.63, 3.8) is 0 Å². The molecule has 0 radical (unpaired) electrons. The third kappa shape index (κ3) is 2.51. The Balaban J connectivity index is 2.47. The number of benzene rings is 1. The van der Waals surface area contributed by atoms with Crippen LogP contribution >= 0.6 is 11.6 Å². The van der Waals surface area contributed by atoms with Gasteiger partial charge >= 0.3 is 0 Å². The van der Waals surface area contributed by atoms with Crippen LogP contribution in [0, 0.1) is 0 Å². The molecule has 0 bridgehead atoms.